The van der Waals surface area contributed by atoms with Crippen LogP contribution in [-0.2, 0) is 17.9 Å². The Bertz CT molecular complexity index is 735. The van der Waals surface area contributed by atoms with E-state index >= 15 is 0 Å². The number of carbonyl (C=O) groups excluding carboxylic acids is 1. The lowest BCUT2D eigenvalue weighted by molar-refractivity contribution is -0.129. The zero-order valence-corrected chi connectivity index (χ0v) is 14.1. The fraction of sp³-hybridized carbons (Fsp3) is 0.350. The van der Waals surface area contributed by atoms with E-state index in [1.807, 2.05) is 17.0 Å². The molecule has 0 radical (unpaired) electrons. The quantitative estimate of drug-likeness (QED) is 0.778. The van der Waals surface area contributed by atoms with Gasteiger partial charge in [-0.15, -0.1) is 0 Å². The molecule has 1 aliphatic rings. The van der Waals surface area contributed by atoms with Crippen molar-refractivity contribution in [1.82, 2.24) is 10.2 Å². The first-order valence-electron chi connectivity index (χ1n) is 8.61. The number of hydrogen-bond donors (Lipinski definition) is 1. The minimum atomic E-state index is -0.285. The van der Waals surface area contributed by atoms with Gasteiger partial charge in [-0.3, -0.25) is 4.79 Å². The van der Waals surface area contributed by atoms with Crippen LogP contribution in [0.15, 0.2) is 48.5 Å². The van der Waals surface area contributed by atoms with E-state index in [-0.39, 0.29) is 23.6 Å². The Balaban J connectivity index is 1.51. The molecular formula is C20H22F2N2O. The topological polar surface area (TPSA) is 32.3 Å². The summed E-state index contributed by atoms with van der Waals surface area (Å²) in [4.78, 5) is 14.0. The van der Waals surface area contributed by atoms with Gasteiger partial charge in [-0.25, -0.2) is 8.78 Å². The maximum Gasteiger partial charge on any atom is 0.223 e. The van der Waals surface area contributed by atoms with Gasteiger partial charge in [0.2, 0.25) is 5.91 Å². The number of nitrogens with zero attached hydrogens (tertiary/aromatic N) is 1. The van der Waals surface area contributed by atoms with Crippen molar-refractivity contribution in [3.8, 4) is 0 Å². The Kier molecular flexibility index (Phi) is 5.76. The third kappa shape index (κ3) is 4.63. The highest BCUT2D eigenvalue weighted by Gasteiger charge is 2.30. The summed E-state index contributed by atoms with van der Waals surface area (Å²) in [5.41, 5.74) is 1.45. The highest BCUT2D eigenvalue weighted by atomic mass is 19.1. The van der Waals surface area contributed by atoms with Crippen LogP contribution in [0, 0.1) is 11.6 Å². The molecule has 2 aromatic rings. The second-order valence-corrected chi connectivity index (χ2v) is 6.40. The molecule has 0 spiro atoms. The molecule has 3 rings (SSSR count). The summed E-state index contributed by atoms with van der Waals surface area (Å²) in [7, 11) is 0. The van der Waals surface area contributed by atoms with E-state index in [1.165, 1.54) is 18.2 Å². The molecule has 1 aliphatic heterocycles. The highest BCUT2D eigenvalue weighted by molar-refractivity contribution is 5.78. The fourth-order valence-corrected chi connectivity index (χ4v) is 3.28. The molecule has 0 aromatic heterocycles. The predicted octanol–water partition coefficient (Wildman–Crippen LogP) is 3.64. The Morgan fingerprint density at radius 3 is 2.76 bits per heavy atom. The van der Waals surface area contributed by atoms with E-state index in [0.717, 1.165) is 18.4 Å². The molecule has 132 valence electrons. The molecule has 1 heterocycles. The van der Waals surface area contributed by atoms with Gasteiger partial charge in [-0.2, -0.15) is 0 Å². The average Bonchev–Trinajstić information content (AvgIpc) is 2.93. The van der Waals surface area contributed by atoms with Gasteiger partial charge in [0, 0.05) is 31.1 Å². The maximum atomic E-state index is 13.6. The van der Waals surface area contributed by atoms with Crippen LogP contribution in [0.5, 0.6) is 0 Å². The molecule has 1 saturated heterocycles. The SMILES string of the molecule is O=C1CC[C@@H](CCNCc2ccccc2F)N1Cc1cccc(F)c1. The van der Waals surface area contributed by atoms with Crippen LogP contribution in [-0.4, -0.2) is 23.4 Å². The predicted molar refractivity (Wildman–Crippen MR) is 92.7 cm³/mol. The van der Waals surface area contributed by atoms with Gasteiger partial charge in [0.05, 0.1) is 0 Å². The molecule has 2 aromatic carbocycles. The molecule has 1 amide bonds. The van der Waals surface area contributed by atoms with E-state index in [9.17, 15) is 13.6 Å². The number of halogens is 2. The van der Waals surface area contributed by atoms with Crippen LogP contribution >= 0.6 is 0 Å². The number of likely N-dealkylation sites (tertiary alicyclic amines) is 1. The fourth-order valence-electron chi connectivity index (χ4n) is 3.28. The van der Waals surface area contributed by atoms with Crippen LogP contribution in [0.3, 0.4) is 0 Å². The number of nitrogens with one attached hydrogen (secondary N) is 1. The Labute approximate surface area is 146 Å². The largest absolute Gasteiger partial charge is 0.335 e. The summed E-state index contributed by atoms with van der Waals surface area (Å²) >= 11 is 0. The summed E-state index contributed by atoms with van der Waals surface area (Å²) in [5, 5.41) is 3.24. The summed E-state index contributed by atoms with van der Waals surface area (Å²) in [6, 6.07) is 13.2. The van der Waals surface area contributed by atoms with E-state index in [0.29, 0.717) is 31.6 Å². The van der Waals surface area contributed by atoms with Gasteiger partial charge >= 0.3 is 0 Å². The molecule has 0 saturated carbocycles. The molecule has 1 fully saturated rings. The first-order chi connectivity index (χ1) is 12.1. The molecule has 25 heavy (non-hydrogen) atoms. The lowest BCUT2D eigenvalue weighted by Crippen LogP contribution is -2.34. The molecule has 0 bridgehead atoms. The third-order valence-corrected chi connectivity index (χ3v) is 4.62. The van der Waals surface area contributed by atoms with Crippen LogP contribution in [0.1, 0.15) is 30.4 Å². The van der Waals surface area contributed by atoms with Gasteiger partial charge in [0.25, 0.3) is 0 Å². The van der Waals surface area contributed by atoms with Crippen LogP contribution in [0.2, 0.25) is 0 Å². The Morgan fingerprint density at radius 2 is 1.96 bits per heavy atom. The van der Waals surface area contributed by atoms with Gasteiger partial charge in [0.15, 0.2) is 0 Å². The van der Waals surface area contributed by atoms with E-state index in [4.69, 9.17) is 0 Å². The molecule has 0 aliphatic carbocycles. The monoisotopic (exact) mass is 344 g/mol. The van der Waals surface area contributed by atoms with Crippen molar-refractivity contribution < 1.29 is 13.6 Å². The van der Waals surface area contributed by atoms with Crippen LogP contribution in [0.4, 0.5) is 8.78 Å². The van der Waals surface area contributed by atoms with Gasteiger partial charge < -0.3 is 10.2 Å². The van der Waals surface area contributed by atoms with Gasteiger partial charge in [-0.05, 0) is 43.1 Å². The Morgan fingerprint density at radius 1 is 1.12 bits per heavy atom. The molecule has 1 atom stereocenters. The molecule has 1 N–H and O–H groups in total. The third-order valence-electron chi connectivity index (χ3n) is 4.62. The number of rotatable bonds is 7. The summed E-state index contributed by atoms with van der Waals surface area (Å²) in [6.07, 6.45) is 2.15. The van der Waals surface area contributed by atoms with Gasteiger partial charge in [-0.1, -0.05) is 30.3 Å². The van der Waals surface area contributed by atoms with Crippen LogP contribution < -0.4 is 5.32 Å². The Hall–Kier alpha value is -2.27. The smallest absolute Gasteiger partial charge is 0.223 e. The zero-order valence-electron chi connectivity index (χ0n) is 14.1. The van der Waals surface area contributed by atoms with Crippen molar-refractivity contribution in [3.63, 3.8) is 0 Å². The highest BCUT2D eigenvalue weighted by Crippen LogP contribution is 2.23. The lowest BCUT2D eigenvalue weighted by atomic mass is 10.1. The van der Waals surface area contributed by atoms with Crippen molar-refractivity contribution in [1.29, 1.82) is 0 Å². The van der Waals surface area contributed by atoms with E-state index in [1.54, 1.807) is 18.2 Å². The van der Waals surface area contributed by atoms with Crippen molar-refractivity contribution >= 4 is 5.91 Å². The summed E-state index contributed by atoms with van der Waals surface area (Å²) in [5.74, 6) is -0.380. The van der Waals surface area contributed by atoms with Crippen molar-refractivity contribution in [3.05, 3.63) is 71.3 Å². The zero-order chi connectivity index (χ0) is 17.6. The van der Waals surface area contributed by atoms with Crippen molar-refractivity contribution in [2.75, 3.05) is 6.54 Å². The number of amides is 1. The first-order valence-corrected chi connectivity index (χ1v) is 8.61. The first kappa shape index (κ1) is 17.5. The minimum absolute atomic E-state index is 0.114. The second-order valence-electron chi connectivity index (χ2n) is 6.40. The van der Waals surface area contributed by atoms with Crippen molar-refractivity contribution in [2.45, 2.75) is 38.4 Å². The number of benzene rings is 2. The standard InChI is InChI=1S/C20H22F2N2O/c21-17-6-3-4-15(12-17)14-24-18(8-9-20(24)25)10-11-23-13-16-5-1-2-7-19(16)22/h1-7,12,18,23H,8-11,13-14H2/t18-/m0/s1. The minimum Gasteiger partial charge on any atom is -0.335 e. The second kappa shape index (κ2) is 8.21. The number of carbonyl (C=O) groups is 1. The van der Waals surface area contributed by atoms with E-state index in [2.05, 4.69) is 5.32 Å². The lowest BCUT2D eigenvalue weighted by Gasteiger charge is -2.25. The summed E-state index contributed by atoms with van der Waals surface area (Å²) in [6.45, 7) is 1.61. The maximum absolute atomic E-state index is 13.6. The number of hydrogen-bond acceptors (Lipinski definition) is 2. The van der Waals surface area contributed by atoms with Crippen LogP contribution in [0.25, 0.3) is 0 Å². The molecular weight excluding hydrogens is 322 g/mol. The normalized spacial score (nSPS) is 17.3. The average molecular weight is 344 g/mol. The molecule has 3 nitrogen and oxygen atoms in total. The van der Waals surface area contributed by atoms with E-state index < -0.39 is 0 Å². The molecule has 5 heteroatoms. The summed E-state index contributed by atoms with van der Waals surface area (Å²) < 4.78 is 26.9. The molecule has 0 unspecified atom stereocenters. The van der Waals surface area contributed by atoms with Crippen molar-refractivity contribution in [2.24, 2.45) is 0 Å². The van der Waals surface area contributed by atoms with Gasteiger partial charge in [0.1, 0.15) is 11.6 Å².